The predicted octanol–water partition coefficient (Wildman–Crippen LogP) is 4.17. The fourth-order valence-corrected chi connectivity index (χ4v) is 3.23. The molecule has 0 aromatic heterocycles. The van der Waals surface area contributed by atoms with E-state index < -0.39 is 0 Å². The first-order valence-electron chi connectivity index (χ1n) is 9.19. The zero-order chi connectivity index (χ0) is 18.2. The van der Waals surface area contributed by atoms with E-state index in [4.69, 9.17) is 0 Å². The molecule has 1 aromatic rings. The van der Waals surface area contributed by atoms with Gasteiger partial charge in [0.05, 0.1) is 0 Å². The molecule has 0 atom stereocenters. The molecule has 1 fully saturated rings. The molecular formula is C20H31ClFN3O. The van der Waals surface area contributed by atoms with Gasteiger partial charge in [0.1, 0.15) is 5.82 Å². The molecule has 1 aromatic carbocycles. The van der Waals surface area contributed by atoms with Crippen molar-refractivity contribution in [2.24, 2.45) is 0 Å². The van der Waals surface area contributed by atoms with Crippen LogP contribution >= 0.6 is 12.4 Å². The SMILES string of the molecule is CCN(CCCC(=C(C)C)c1ccc(F)cc1)C(=O)N1CCNCC1.Cl. The maximum absolute atomic E-state index is 13.2. The molecule has 0 saturated carbocycles. The standard InChI is InChI=1S/C20H30FN3O.ClH/c1-4-23(20(25)24-14-11-22-12-15-24)13-5-6-19(16(2)3)17-7-9-18(21)10-8-17;/h7-10,22H,4-6,11-15H2,1-3H3;1H. The van der Waals surface area contributed by atoms with E-state index in [0.29, 0.717) is 0 Å². The lowest BCUT2D eigenvalue weighted by atomic mass is 9.97. The number of carbonyl (C=O) groups excluding carboxylic acids is 1. The number of benzene rings is 1. The second-order valence-corrected chi connectivity index (χ2v) is 6.69. The topological polar surface area (TPSA) is 35.6 Å². The lowest BCUT2D eigenvalue weighted by Crippen LogP contribution is -2.51. The molecule has 1 N–H and O–H groups in total. The van der Waals surface area contributed by atoms with Gasteiger partial charge in [-0.2, -0.15) is 0 Å². The van der Waals surface area contributed by atoms with E-state index >= 15 is 0 Å². The summed E-state index contributed by atoms with van der Waals surface area (Å²) in [6.07, 6.45) is 1.79. The summed E-state index contributed by atoms with van der Waals surface area (Å²) in [6.45, 7) is 11.0. The molecule has 4 nitrogen and oxygen atoms in total. The number of rotatable bonds is 6. The van der Waals surface area contributed by atoms with Crippen molar-refractivity contribution in [3.8, 4) is 0 Å². The molecule has 1 aliphatic heterocycles. The maximum Gasteiger partial charge on any atom is 0.320 e. The molecule has 0 spiro atoms. The van der Waals surface area contributed by atoms with E-state index in [1.165, 1.54) is 23.3 Å². The van der Waals surface area contributed by atoms with Gasteiger partial charge in [-0.05, 0) is 56.9 Å². The highest BCUT2D eigenvalue weighted by atomic mass is 35.5. The van der Waals surface area contributed by atoms with Crippen molar-refractivity contribution in [3.05, 3.63) is 41.2 Å². The molecule has 1 heterocycles. The Labute approximate surface area is 162 Å². The largest absolute Gasteiger partial charge is 0.325 e. The molecular weight excluding hydrogens is 353 g/mol. The second kappa shape index (κ2) is 11.2. The number of nitrogens with one attached hydrogen (secondary N) is 1. The van der Waals surface area contributed by atoms with E-state index in [-0.39, 0.29) is 24.3 Å². The number of urea groups is 1. The third-order valence-electron chi connectivity index (χ3n) is 4.69. The van der Waals surface area contributed by atoms with E-state index in [1.54, 1.807) is 0 Å². The quantitative estimate of drug-likeness (QED) is 0.800. The summed E-state index contributed by atoms with van der Waals surface area (Å²) in [5.74, 6) is -0.212. The third-order valence-corrected chi connectivity index (χ3v) is 4.69. The zero-order valence-corrected chi connectivity index (χ0v) is 16.9. The minimum Gasteiger partial charge on any atom is -0.325 e. The van der Waals surface area contributed by atoms with Crippen molar-refractivity contribution >= 4 is 24.0 Å². The minimum atomic E-state index is -0.212. The molecule has 2 amide bonds. The van der Waals surface area contributed by atoms with Crippen LogP contribution in [0.3, 0.4) is 0 Å². The van der Waals surface area contributed by atoms with E-state index in [9.17, 15) is 9.18 Å². The molecule has 0 radical (unpaired) electrons. The Morgan fingerprint density at radius 2 is 1.81 bits per heavy atom. The number of nitrogens with zero attached hydrogens (tertiary/aromatic N) is 2. The first kappa shape index (κ1) is 22.5. The fraction of sp³-hybridized carbons (Fsp3) is 0.550. The average Bonchev–Trinajstić information content (AvgIpc) is 2.63. The van der Waals surface area contributed by atoms with Crippen LogP contribution in [-0.2, 0) is 0 Å². The van der Waals surface area contributed by atoms with E-state index in [2.05, 4.69) is 19.2 Å². The second-order valence-electron chi connectivity index (χ2n) is 6.69. The number of amides is 2. The summed E-state index contributed by atoms with van der Waals surface area (Å²) < 4.78 is 13.2. The van der Waals surface area contributed by atoms with E-state index in [0.717, 1.165) is 57.7 Å². The Bertz CT molecular complexity index is 594. The van der Waals surface area contributed by atoms with Gasteiger partial charge in [0.2, 0.25) is 0 Å². The fourth-order valence-electron chi connectivity index (χ4n) is 3.23. The maximum atomic E-state index is 13.2. The van der Waals surface area contributed by atoms with Crippen molar-refractivity contribution in [3.63, 3.8) is 0 Å². The minimum absolute atomic E-state index is 0. The normalized spacial score (nSPS) is 13.8. The lowest BCUT2D eigenvalue weighted by Gasteiger charge is -2.33. The Morgan fingerprint density at radius 1 is 1.19 bits per heavy atom. The van der Waals surface area contributed by atoms with Crippen LogP contribution in [0.25, 0.3) is 5.57 Å². The Balaban J connectivity index is 0.00000338. The van der Waals surface area contributed by atoms with Crippen LogP contribution in [-0.4, -0.2) is 55.1 Å². The van der Waals surface area contributed by atoms with Crippen molar-refractivity contribution < 1.29 is 9.18 Å². The molecule has 1 saturated heterocycles. The van der Waals surface area contributed by atoms with Crippen LogP contribution in [0.15, 0.2) is 29.8 Å². The number of hydrogen-bond acceptors (Lipinski definition) is 2. The zero-order valence-electron chi connectivity index (χ0n) is 16.1. The van der Waals surface area contributed by atoms with Crippen LogP contribution in [0.1, 0.15) is 39.2 Å². The first-order valence-corrected chi connectivity index (χ1v) is 9.19. The highest BCUT2D eigenvalue weighted by Crippen LogP contribution is 2.24. The number of carbonyl (C=O) groups is 1. The van der Waals surface area contributed by atoms with Crippen molar-refractivity contribution in [2.75, 3.05) is 39.3 Å². The molecule has 0 bridgehead atoms. The third kappa shape index (κ3) is 6.29. The number of halogens is 2. The Morgan fingerprint density at radius 3 is 2.35 bits per heavy atom. The molecule has 6 heteroatoms. The van der Waals surface area contributed by atoms with Gasteiger partial charge in [0, 0.05) is 39.3 Å². The van der Waals surface area contributed by atoms with Crippen molar-refractivity contribution in [2.45, 2.75) is 33.6 Å². The molecule has 1 aliphatic rings. The average molecular weight is 384 g/mol. The van der Waals surface area contributed by atoms with Crippen LogP contribution < -0.4 is 5.32 Å². The smallest absolute Gasteiger partial charge is 0.320 e. The van der Waals surface area contributed by atoms with Crippen LogP contribution in [0, 0.1) is 5.82 Å². The van der Waals surface area contributed by atoms with Crippen LogP contribution in [0.5, 0.6) is 0 Å². The van der Waals surface area contributed by atoms with Crippen molar-refractivity contribution in [1.29, 1.82) is 0 Å². The summed E-state index contributed by atoms with van der Waals surface area (Å²) in [5.41, 5.74) is 3.55. The molecule has 26 heavy (non-hydrogen) atoms. The van der Waals surface area contributed by atoms with Gasteiger partial charge >= 0.3 is 6.03 Å². The van der Waals surface area contributed by atoms with Gasteiger partial charge in [0.25, 0.3) is 0 Å². The highest BCUT2D eigenvalue weighted by Gasteiger charge is 2.21. The summed E-state index contributed by atoms with van der Waals surface area (Å²) in [4.78, 5) is 16.5. The highest BCUT2D eigenvalue weighted by molar-refractivity contribution is 5.85. The molecule has 0 unspecified atom stereocenters. The molecule has 2 rings (SSSR count). The van der Waals surface area contributed by atoms with Gasteiger partial charge in [-0.15, -0.1) is 12.4 Å². The van der Waals surface area contributed by atoms with Gasteiger partial charge in [0.15, 0.2) is 0 Å². The summed E-state index contributed by atoms with van der Waals surface area (Å²) in [5, 5.41) is 3.27. The van der Waals surface area contributed by atoms with Crippen LogP contribution in [0.2, 0.25) is 0 Å². The lowest BCUT2D eigenvalue weighted by molar-refractivity contribution is 0.148. The number of hydrogen-bond donors (Lipinski definition) is 1. The predicted molar refractivity (Wildman–Crippen MR) is 108 cm³/mol. The first-order chi connectivity index (χ1) is 12.0. The summed E-state index contributed by atoms with van der Waals surface area (Å²) in [7, 11) is 0. The van der Waals surface area contributed by atoms with Gasteiger partial charge < -0.3 is 15.1 Å². The van der Waals surface area contributed by atoms with E-state index in [1.807, 2.05) is 28.9 Å². The monoisotopic (exact) mass is 383 g/mol. The van der Waals surface area contributed by atoms with Gasteiger partial charge in [-0.3, -0.25) is 0 Å². The molecule has 146 valence electrons. The van der Waals surface area contributed by atoms with Crippen molar-refractivity contribution in [1.82, 2.24) is 15.1 Å². The van der Waals surface area contributed by atoms with Gasteiger partial charge in [-0.1, -0.05) is 17.7 Å². The van der Waals surface area contributed by atoms with Gasteiger partial charge in [-0.25, -0.2) is 9.18 Å². The molecule has 0 aliphatic carbocycles. The number of piperazine rings is 1. The Kier molecular flexibility index (Phi) is 9.66. The summed E-state index contributed by atoms with van der Waals surface area (Å²) in [6, 6.07) is 6.82. The van der Waals surface area contributed by atoms with Crippen LogP contribution in [0.4, 0.5) is 9.18 Å². The summed E-state index contributed by atoms with van der Waals surface area (Å²) >= 11 is 0. The number of allylic oxidation sites excluding steroid dienone is 2. The Hall–Kier alpha value is -1.59.